The normalized spacial score (nSPS) is 15.7. The standard InChI is InChI=1S/C17H14Cl2N2O3S/c18-10-3-4-11-12(7-10)25-15(14(11)19)16(23)24-8-13(22)21-17(9-20)5-1-2-6-17/h3-4,7H,1-2,5-6,8H2,(H,21,22). The monoisotopic (exact) mass is 396 g/mol. The van der Waals surface area contributed by atoms with Crippen LogP contribution in [0, 0.1) is 11.3 Å². The molecule has 5 nitrogen and oxygen atoms in total. The van der Waals surface area contributed by atoms with E-state index in [9.17, 15) is 14.9 Å². The lowest BCUT2D eigenvalue weighted by atomic mass is 10.00. The summed E-state index contributed by atoms with van der Waals surface area (Å²) in [7, 11) is 0. The summed E-state index contributed by atoms with van der Waals surface area (Å²) < 4.78 is 5.83. The highest BCUT2D eigenvalue weighted by Gasteiger charge is 2.35. The molecule has 0 radical (unpaired) electrons. The van der Waals surface area contributed by atoms with Crippen LogP contribution in [0.15, 0.2) is 18.2 Å². The van der Waals surface area contributed by atoms with E-state index in [1.807, 2.05) is 0 Å². The first kappa shape index (κ1) is 18.0. The van der Waals surface area contributed by atoms with Crippen LogP contribution in [0.4, 0.5) is 0 Å². The number of halogens is 2. The molecule has 1 N–H and O–H groups in total. The highest BCUT2D eigenvalue weighted by Crippen LogP contribution is 2.37. The van der Waals surface area contributed by atoms with Crippen molar-refractivity contribution < 1.29 is 14.3 Å². The van der Waals surface area contributed by atoms with Crippen LogP contribution in [0.3, 0.4) is 0 Å². The molecule has 0 atom stereocenters. The Kier molecular flexibility index (Phi) is 5.19. The molecule has 3 rings (SSSR count). The molecule has 0 bridgehead atoms. The van der Waals surface area contributed by atoms with Crippen LogP contribution in [0.1, 0.15) is 35.4 Å². The Morgan fingerprint density at radius 3 is 2.72 bits per heavy atom. The molecular weight excluding hydrogens is 383 g/mol. The number of thiophene rings is 1. The van der Waals surface area contributed by atoms with Gasteiger partial charge in [0.25, 0.3) is 5.91 Å². The molecule has 1 heterocycles. The summed E-state index contributed by atoms with van der Waals surface area (Å²) in [6.45, 7) is -0.451. The number of carbonyl (C=O) groups is 2. The summed E-state index contributed by atoms with van der Waals surface area (Å²) >= 11 is 13.3. The van der Waals surface area contributed by atoms with E-state index in [0.717, 1.165) is 28.9 Å². The molecule has 0 unspecified atom stereocenters. The fraction of sp³-hybridized carbons (Fsp3) is 0.353. The summed E-state index contributed by atoms with van der Waals surface area (Å²) in [5, 5.41) is 13.5. The Hall–Kier alpha value is -1.81. The number of amides is 1. The number of fused-ring (bicyclic) bond motifs is 1. The number of nitrogens with zero attached hydrogens (tertiary/aromatic N) is 1. The van der Waals surface area contributed by atoms with E-state index in [1.165, 1.54) is 0 Å². The molecule has 25 heavy (non-hydrogen) atoms. The van der Waals surface area contributed by atoms with Gasteiger partial charge in [0.1, 0.15) is 10.4 Å². The van der Waals surface area contributed by atoms with Gasteiger partial charge in [0.2, 0.25) is 0 Å². The molecule has 0 aliphatic heterocycles. The van der Waals surface area contributed by atoms with Crippen LogP contribution < -0.4 is 5.32 Å². The van der Waals surface area contributed by atoms with E-state index in [4.69, 9.17) is 27.9 Å². The van der Waals surface area contributed by atoms with Crippen molar-refractivity contribution in [2.75, 3.05) is 6.61 Å². The zero-order valence-electron chi connectivity index (χ0n) is 13.1. The summed E-state index contributed by atoms with van der Waals surface area (Å²) in [6, 6.07) is 7.29. The van der Waals surface area contributed by atoms with Crippen molar-refractivity contribution in [3.8, 4) is 6.07 Å². The van der Waals surface area contributed by atoms with Gasteiger partial charge in [-0.05, 0) is 37.8 Å². The largest absolute Gasteiger partial charge is 0.451 e. The average molecular weight is 397 g/mol. The molecular formula is C17H14Cl2N2O3S. The molecule has 1 aliphatic rings. The van der Waals surface area contributed by atoms with Gasteiger partial charge in [-0.15, -0.1) is 11.3 Å². The molecule has 1 aliphatic carbocycles. The maximum Gasteiger partial charge on any atom is 0.350 e. The topological polar surface area (TPSA) is 79.2 Å². The first-order valence-corrected chi connectivity index (χ1v) is 9.28. The van der Waals surface area contributed by atoms with Crippen molar-refractivity contribution in [1.82, 2.24) is 5.32 Å². The Labute approximate surface area is 158 Å². The van der Waals surface area contributed by atoms with E-state index in [2.05, 4.69) is 11.4 Å². The third-order valence-corrected chi connectivity index (χ3v) is 6.03. The van der Waals surface area contributed by atoms with Gasteiger partial charge >= 0.3 is 5.97 Å². The molecule has 0 spiro atoms. The zero-order valence-corrected chi connectivity index (χ0v) is 15.4. The van der Waals surface area contributed by atoms with Crippen LogP contribution in [0.2, 0.25) is 10.0 Å². The maximum atomic E-state index is 12.2. The Morgan fingerprint density at radius 1 is 1.32 bits per heavy atom. The quantitative estimate of drug-likeness (QED) is 0.780. The first-order chi connectivity index (χ1) is 11.9. The van der Waals surface area contributed by atoms with Gasteiger partial charge in [0.15, 0.2) is 6.61 Å². The fourth-order valence-electron chi connectivity index (χ4n) is 2.91. The number of rotatable bonds is 4. The fourth-order valence-corrected chi connectivity index (χ4v) is 4.59. The summed E-state index contributed by atoms with van der Waals surface area (Å²) in [5.41, 5.74) is -0.838. The molecule has 130 valence electrons. The lowest BCUT2D eigenvalue weighted by Gasteiger charge is -2.21. The highest BCUT2D eigenvalue weighted by molar-refractivity contribution is 7.21. The second-order valence-electron chi connectivity index (χ2n) is 5.91. The van der Waals surface area contributed by atoms with Crippen molar-refractivity contribution in [2.24, 2.45) is 0 Å². The lowest BCUT2D eigenvalue weighted by molar-refractivity contribution is -0.125. The van der Waals surface area contributed by atoms with Gasteiger partial charge in [0, 0.05) is 15.1 Å². The second kappa shape index (κ2) is 7.20. The highest BCUT2D eigenvalue weighted by atomic mass is 35.5. The second-order valence-corrected chi connectivity index (χ2v) is 7.78. The maximum absolute atomic E-state index is 12.2. The molecule has 1 aromatic heterocycles. The number of esters is 1. The van der Waals surface area contributed by atoms with Crippen LogP contribution in [-0.4, -0.2) is 24.0 Å². The van der Waals surface area contributed by atoms with Crippen molar-refractivity contribution in [3.63, 3.8) is 0 Å². The van der Waals surface area contributed by atoms with Gasteiger partial charge in [-0.2, -0.15) is 5.26 Å². The van der Waals surface area contributed by atoms with Crippen molar-refractivity contribution in [3.05, 3.63) is 33.1 Å². The van der Waals surface area contributed by atoms with E-state index < -0.39 is 24.0 Å². The number of hydrogen-bond donors (Lipinski definition) is 1. The smallest absolute Gasteiger partial charge is 0.350 e. The van der Waals surface area contributed by atoms with Crippen LogP contribution in [0.25, 0.3) is 10.1 Å². The van der Waals surface area contributed by atoms with Crippen molar-refractivity contribution in [1.29, 1.82) is 5.26 Å². The number of carbonyl (C=O) groups excluding carboxylic acids is 2. The lowest BCUT2D eigenvalue weighted by Crippen LogP contribution is -2.46. The number of nitriles is 1. The third kappa shape index (κ3) is 3.74. The Morgan fingerprint density at radius 2 is 2.04 bits per heavy atom. The molecule has 0 saturated heterocycles. The van der Waals surface area contributed by atoms with Crippen LogP contribution >= 0.6 is 34.5 Å². The summed E-state index contributed by atoms with van der Waals surface area (Å²) in [4.78, 5) is 24.5. The van der Waals surface area contributed by atoms with Crippen molar-refractivity contribution in [2.45, 2.75) is 31.2 Å². The third-order valence-electron chi connectivity index (χ3n) is 4.16. The number of ether oxygens (including phenoxy) is 1. The summed E-state index contributed by atoms with van der Waals surface area (Å²) in [6.07, 6.45) is 3.03. The van der Waals surface area contributed by atoms with Gasteiger partial charge in [-0.25, -0.2) is 4.79 Å². The van der Waals surface area contributed by atoms with Crippen molar-refractivity contribution >= 4 is 56.5 Å². The van der Waals surface area contributed by atoms with E-state index in [0.29, 0.717) is 23.3 Å². The van der Waals surface area contributed by atoms with Gasteiger partial charge in [0.05, 0.1) is 11.1 Å². The first-order valence-electron chi connectivity index (χ1n) is 7.71. The average Bonchev–Trinajstić information content (AvgIpc) is 3.18. The Balaban J connectivity index is 1.66. The number of nitrogens with one attached hydrogen (secondary N) is 1. The Bertz CT molecular complexity index is 882. The number of hydrogen-bond acceptors (Lipinski definition) is 5. The van der Waals surface area contributed by atoms with E-state index in [-0.39, 0.29) is 9.90 Å². The van der Waals surface area contributed by atoms with Crippen LogP contribution in [0.5, 0.6) is 0 Å². The van der Waals surface area contributed by atoms with Gasteiger partial charge < -0.3 is 10.1 Å². The predicted molar refractivity (Wildman–Crippen MR) is 97.1 cm³/mol. The summed E-state index contributed by atoms with van der Waals surface area (Å²) in [5.74, 6) is -1.16. The van der Waals surface area contributed by atoms with Gasteiger partial charge in [-0.3, -0.25) is 4.79 Å². The molecule has 1 fully saturated rings. The molecule has 2 aromatic rings. The van der Waals surface area contributed by atoms with E-state index in [1.54, 1.807) is 18.2 Å². The molecule has 1 amide bonds. The zero-order chi connectivity index (χ0) is 18.0. The minimum atomic E-state index is -0.838. The molecule has 1 saturated carbocycles. The van der Waals surface area contributed by atoms with E-state index >= 15 is 0 Å². The molecule has 8 heteroatoms. The van der Waals surface area contributed by atoms with Crippen LogP contribution in [-0.2, 0) is 9.53 Å². The minimum Gasteiger partial charge on any atom is -0.451 e. The predicted octanol–water partition coefficient (Wildman–Crippen LogP) is 4.32. The number of benzene rings is 1. The minimum absolute atomic E-state index is 0.225. The SMILES string of the molecule is N#CC1(NC(=O)COC(=O)c2sc3cc(Cl)ccc3c2Cl)CCCC1. The van der Waals surface area contributed by atoms with Gasteiger partial charge in [-0.1, -0.05) is 29.3 Å². The molecule has 1 aromatic carbocycles.